The van der Waals surface area contributed by atoms with E-state index in [9.17, 15) is 4.79 Å². The van der Waals surface area contributed by atoms with E-state index >= 15 is 0 Å². The molecule has 1 N–H and O–H groups in total. The van der Waals surface area contributed by atoms with Crippen molar-refractivity contribution in [3.05, 3.63) is 52.3 Å². The molecular formula is C32H39N7O2. The van der Waals surface area contributed by atoms with E-state index in [0.29, 0.717) is 13.2 Å². The maximum Gasteiger partial charge on any atom is 0.252 e. The minimum atomic E-state index is 0.0230. The van der Waals surface area contributed by atoms with E-state index in [1.54, 1.807) is 0 Å². The lowest BCUT2D eigenvalue weighted by molar-refractivity contribution is 0.0966. The first-order valence-corrected chi connectivity index (χ1v) is 15.0. The van der Waals surface area contributed by atoms with Crippen molar-refractivity contribution in [2.75, 3.05) is 45.9 Å². The number of hydrogen-bond donors (Lipinski definition) is 1. The van der Waals surface area contributed by atoms with Crippen LogP contribution < -0.4 is 5.32 Å². The molecule has 41 heavy (non-hydrogen) atoms. The monoisotopic (exact) mass is 553 g/mol. The predicted molar refractivity (Wildman–Crippen MR) is 163 cm³/mol. The van der Waals surface area contributed by atoms with Gasteiger partial charge in [0.15, 0.2) is 0 Å². The van der Waals surface area contributed by atoms with E-state index < -0.39 is 0 Å². The predicted octanol–water partition coefficient (Wildman–Crippen LogP) is 3.94. The average molecular weight is 554 g/mol. The zero-order chi connectivity index (χ0) is 28.2. The van der Waals surface area contributed by atoms with Crippen molar-refractivity contribution in [2.24, 2.45) is 12.2 Å². The van der Waals surface area contributed by atoms with Crippen LogP contribution in [0.25, 0.3) is 32.9 Å². The molecule has 3 aliphatic rings. The van der Waals surface area contributed by atoms with Crippen LogP contribution in [-0.2, 0) is 37.8 Å². The summed E-state index contributed by atoms with van der Waals surface area (Å²) in [5, 5.41) is 14.6. The molecule has 0 spiro atoms. The highest BCUT2D eigenvalue weighted by Gasteiger charge is 2.35. The molecule has 2 aromatic carbocycles. The summed E-state index contributed by atoms with van der Waals surface area (Å²) < 4.78 is 4.43. The van der Waals surface area contributed by atoms with E-state index in [2.05, 4.69) is 56.2 Å². The minimum Gasteiger partial charge on any atom is -0.396 e. The molecule has 0 unspecified atom stereocenters. The van der Waals surface area contributed by atoms with Crippen LogP contribution in [0.4, 0.5) is 0 Å². The third-order valence-electron chi connectivity index (χ3n) is 9.24. The zero-order valence-corrected chi connectivity index (χ0v) is 24.6. The Hall–Kier alpha value is -3.69. The lowest BCUT2D eigenvalue weighted by Crippen LogP contribution is -2.46. The lowest BCUT2D eigenvalue weighted by atomic mass is 9.82. The highest BCUT2D eigenvalue weighted by Crippen LogP contribution is 2.46. The van der Waals surface area contributed by atoms with Crippen LogP contribution in [0, 0.1) is 0 Å². The molecular weight excluding hydrogens is 514 g/mol. The number of benzene rings is 2. The van der Waals surface area contributed by atoms with E-state index in [4.69, 9.17) is 9.94 Å². The summed E-state index contributed by atoms with van der Waals surface area (Å²) in [5.41, 5.74) is 10.9. The summed E-state index contributed by atoms with van der Waals surface area (Å²) in [4.78, 5) is 23.9. The van der Waals surface area contributed by atoms with Gasteiger partial charge < -0.3 is 19.6 Å². The van der Waals surface area contributed by atoms with Crippen molar-refractivity contribution < 1.29 is 9.63 Å². The molecule has 4 heterocycles. The third-order valence-corrected chi connectivity index (χ3v) is 9.24. The van der Waals surface area contributed by atoms with Crippen molar-refractivity contribution in [2.45, 2.75) is 46.7 Å². The number of carbonyl (C=O) groups excluding carboxylic acids is 1. The minimum absolute atomic E-state index is 0.0230. The fraction of sp³-hybridized carbons (Fsp3) is 0.469. The number of amides is 1. The Morgan fingerprint density at radius 1 is 1.05 bits per heavy atom. The molecule has 1 amide bonds. The van der Waals surface area contributed by atoms with Crippen LogP contribution in [0.2, 0.25) is 0 Å². The van der Waals surface area contributed by atoms with Gasteiger partial charge in [0.2, 0.25) is 0 Å². The Labute approximate surface area is 240 Å². The zero-order valence-electron chi connectivity index (χ0n) is 24.6. The summed E-state index contributed by atoms with van der Waals surface area (Å²) in [6.45, 7) is 14.8. The second-order valence-corrected chi connectivity index (χ2v) is 11.5. The lowest BCUT2D eigenvalue weighted by Gasteiger charge is -2.34. The molecule has 1 aliphatic carbocycles. The largest absolute Gasteiger partial charge is 0.396 e. The van der Waals surface area contributed by atoms with Gasteiger partial charge >= 0.3 is 0 Å². The number of aromatic nitrogens is 3. The number of oxime groups is 1. The van der Waals surface area contributed by atoms with Crippen LogP contribution in [0.3, 0.4) is 0 Å². The summed E-state index contributed by atoms with van der Waals surface area (Å²) in [6.07, 6.45) is 3.85. The number of nitrogens with zero attached hydrogens (tertiary/aromatic N) is 6. The second kappa shape index (κ2) is 10.3. The number of aryl methyl sites for hydroxylation is 3. The van der Waals surface area contributed by atoms with Gasteiger partial charge in [-0.25, -0.2) is 0 Å². The van der Waals surface area contributed by atoms with E-state index in [-0.39, 0.29) is 5.91 Å². The molecule has 214 valence electrons. The third kappa shape index (κ3) is 4.25. The Morgan fingerprint density at radius 2 is 1.85 bits per heavy atom. The summed E-state index contributed by atoms with van der Waals surface area (Å²) in [6, 6.07) is 6.65. The first-order chi connectivity index (χ1) is 20.0. The van der Waals surface area contributed by atoms with Gasteiger partial charge in [0.05, 0.1) is 22.5 Å². The van der Waals surface area contributed by atoms with Crippen molar-refractivity contribution in [3.8, 4) is 11.1 Å². The van der Waals surface area contributed by atoms with E-state index in [0.717, 1.165) is 97.9 Å². The molecule has 0 radical (unpaired) electrons. The Kier molecular flexibility index (Phi) is 6.59. The van der Waals surface area contributed by atoms with E-state index in [1.807, 2.05) is 25.6 Å². The second-order valence-electron chi connectivity index (χ2n) is 11.5. The molecule has 0 bridgehead atoms. The first kappa shape index (κ1) is 26.2. The van der Waals surface area contributed by atoms with Crippen molar-refractivity contribution in [1.82, 2.24) is 29.5 Å². The molecule has 1 saturated heterocycles. The molecule has 7 rings (SSSR count). The van der Waals surface area contributed by atoms with Gasteiger partial charge in [0.25, 0.3) is 5.91 Å². The van der Waals surface area contributed by atoms with Crippen molar-refractivity contribution in [1.29, 1.82) is 0 Å². The molecule has 1 fully saturated rings. The van der Waals surface area contributed by atoms with Crippen LogP contribution in [-0.4, -0.2) is 81.6 Å². The van der Waals surface area contributed by atoms with E-state index in [1.165, 1.54) is 27.4 Å². The van der Waals surface area contributed by atoms with Crippen molar-refractivity contribution >= 4 is 33.4 Å². The molecule has 2 aromatic heterocycles. The van der Waals surface area contributed by atoms with Gasteiger partial charge in [0, 0.05) is 86.5 Å². The highest BCUT2D eigenvalue weighted by molar-refractivity contribution is 6.20. The number of hydrogen-bond acceptors (Lipinski definition) is 6. The van der Waals surface area contributed by atoms with Crippen molar-refractivity contribution in [3.63, 3.8) is 0 Å². The maximum atomic E-state index is 13.4. The summed E-state index contributed by atoms with van der Waals surface area (Å²) in [7, 11) is 1.97. The van der Waals surface area contributed by atoms with Crippen LogP contribution >= 0.6 is 0 Å². The number of piperazine rings is 1. The molecule has 2 aliphatic heterocycles. The first-order valence-electron chi connectivity index (χ1n) is 15.0. The smallest absolute Gasteiger partial charge is 0.252 e. The summed E-state index contributed by atoms with van der Waals surface area (Å²) in [5.74, 6) is 0.0230. The van der Waals surface area contributed by atoms with Gasteiger partial charge in [-0.15, -0.1) is 0 Å². The number of rotatable bonds is 7. The average Bonchev–Trinajstić information content (AvgIpc) is 3.67. The Morgan fingerprint density at radius 3 is 2.63 bits per heavy atom. The molecule has 0 atom stereocenters. The molecule has 9 heteroatoms. The number of likely N-dealkylation sites (N-methyl/N-ethyl adjacent to an activating group) is 1. The topological polar surface area (TPSA) is 79.9 Å². The molecule has 4 aromatic rings. The van der Waals surface area contributed by atoms with Gasteiger partial charge in [0.1, 0.15) is 6.61 Å². The van der Waals surface area contributed by atoms with Gasteiger partial charge in [-0.3, -0.25) is 14.4 Å². The van der Waals surface area contributed by atoms with Gasteiger partial charge in [-0.1, -0.05) is 18.1 Å². The number of fused-ring (bicyclic) bond motifs is 10. The Balaban J connectivity index is 1.45. The number of carbonyl (C=O) groups is 1. The fourth-order valence-corrected chi connectivity index (χ4v) is 7.16. The normalized spacial score (nSPS) is 17.7. The van der Waals surface area contributed by atoms with Crippen LogP contribution in [0.5, 0.6) is 0 Å². The molecule has 9 nitrogen and oxygen atoms in total. The molecule has 0 saturated carbocycles. The number of nitrogens with one attached hydrogen (secondary N) is 1. The quantitative estimate of drug-likeness (QED) is 0.277. The summed E-state index contributed by atoms with van der Waals surface area (Å²) >= 11 is 0. The fourth-order valence-electron chi connectivity index (χ4n) is 7.16. The SMILES string of the molecule is CCON=C(C)c1ccc2c(c1)c1c3c(c4c(c1n2CCN1CCN(CC)CC1)CCc1nn(C)cc1-4)C(=O)NC3. The van der Waals surface area contributed by atoms with Crippen LogP contribution in [0.1, 0.15) is 53.5 Å². The van der Waals surface area contributed by atoms with Gasteiger partial charge in [-0.05, 0) is 62.1 Å². The van der Waals surface area contributed by atoms with Gasteiger partial charge in [-0.2, -0.15) is 5.10 Å². The van der Waals surface area contributed by atoms with Crippen LogP contribution in [0.15, 0.2) is 29.6 Å². The standard InChI is InChI=1S/C32H39N7O2/c1-5-37-11-13-38(14-12-37)15-16-39-27-10-7-21(20(3)35-41-6-2)17-23(27)29-24-18-33-32(40)30(24)28-22(31(29)39)8-9-26-25(28)19-36(4)34-26/h7,10,17,19H,5-6,8-9,11-16,18H2,1-4H3,(H,33,40). The highest BCUT2D eigenvalue weighted by atomic mass is 16.6. The maximum absolute atomic E-state index is 13.4. The Bertz CT molecular complexity index is 1700.